The van der Waals surface area contributed by atoms with E-state index in [9.17, 15) is 8.78 Å². The van der Waals surface area contributed by atoms with E-state index in [2.05, 4.69) is 9.97 Å². The molecule has 0 aliphatic carbocycles. The Morgan fingerprint density at radius 3 is 2.50 bits per heavy atom. The van der Waals surface area contributed by atoms with E-state index in [1.807, 2.05) is 13.8 Å². The second-order valence-electron chi connectivity index (χ2n) is 4.24. The molecule has 0 atom stereocenters. The fraction of sp³-hybridized carbons (Fsp3) is 0.231. The van der Waals surface area contributed by atoms with Crippen LogP contribution < -0.4 is 15.2 Å². The van der Waals surface area contributed by atoms with E-state index < -0.39 is 11.6 Å². The SMILES string of the molecule is CC(C)Oc1ncnc(Oc2ccc(F)cc2F)c1N. The van der Waals surface area contributed by atoms with Crippen LogP contribution >= 0.6 is 0 Å². The predicted molar refractivity (Wildman–Crippen MR) is 68.6 cm³/mol. The molecule has 0 fully saturated rings. The number of ether oxygens (including phenoxy) is 2. The molecule has 0 unspecified atom stereocenters. The average molecular weight is 281 g/mol. The highest BCUT2D eigenvalue weighted by Crippen LogP contribution is 2.32. The smallest absolute Gasteiger partial charge is 0.249 e. The van der Waals surface area contributed by atoms with Crippen LogP contribution in [-0.2, 0) is 0 Å². The largest absolute Gasteiger partial charge is 0.473 e. The molecule has 5 nitrogen and oxygen atoms in total. The van der Waals surface area contributed by atoms with Gasteiger partial charge in [0.25, 0.3) is 0 Å². The predicted octanol–water partition coefficient (Wildman–Crippen LogP) is 2.92. The maximum Gasteiger partial charge on any atom is 0.249 e. The van der Waals surface area contributed by atoms with Crippen molar-refractivity contribution in [2.45, 2.75) is 20.0 Å². The Kier molecular flexibility index (Phi) is 3.97. The lowest BCUT2D eigenvalue weighted by molar-refractivity contribution is 0.232. The van der Waals surface area contributed by atoms with Gasteiger partial charge in [-0.05, 0) is 26.0 Å². The van der Waals surface area contributed by atoms with Crippen LogP contribution in [0.15, 0.2) is 24.5 Å². The van der Waals surface area contributed by atoms with Crippen LogP contribution in [0, 0.1) is 11.6 Å². The van der Waals surface area contributed by atoms with Crippen molar-refractivity contribution in [3.63, 3.8) is 0 Å². The van der Waals surface area contributed by atoms with Gasteiger partial charge < -0.3 is 15.2 Å². The standard InChI is InChI=1S/C13H13F2N3O2/c1-7(2)19-12-11(16)13(18-6-17-12)20-10-4-3-8(14)5-9(10)15/h3-7H,16H2,1-2H3. The molecule has 20 heavy (non-hydrogen) atoms. The zero-order valence-electron chi connectivity index (χ0n) is 10.9. The van der Waals surface area contributed by atoms with Gasteiger partial charge in [-0.2, -0.15) is 9.97 Å². The number of rotatable bonds is 4. The van der Waals surface area contributed by atoms with Crippen molar-refractivity contribution in [1.82, 2.24) is 9.97 Å². The maximum absolute atomic E-state index is 13.5. The summed E-state index contributed by atoms with van der Waals surface area (Å²) in [6.07, 6.45) is 1.05. The Labute approximate surface area is 114 Å². The molecule has 0 aliphatic heterocycles. The van der Waals surface area contributed by atoms with Crippen molar-refractivity contribution < 1.29 is 18.3 Å². The highest BCUT2D eigenvalue weighted by atomic mass is 19.1. The summed E-state index contributed by atoms with van der Waals surface area (Å²) < 4.78 is 36.9. The Bertz CT molecular complexity index is 621. The molecule has 2 N–H and O–H groups in total. The molecule has 106 valence electrons. The number of nitrogens with two attached hydrogens (primary N) is 1. The van der Waals surface area contributed by atoms with Gasteiger partial charge >= 0.3 is 0 Å². The number of halogens is 2. The first-order valence-corrected chi connectivity index (χ1v) is 5.87. The maximum atomic E-state index is 13.5. The Balaban J connectivity index is 2.29. The molecule has 0 spiro atoms. The molecular formula is C13H13F2N3O2. The first kappa shape index (κ1) is 14.0. The van der Waals surface area contributed by atoms with E-state index >= 15 is 0 Å². The van der Waals surface area contributed by atoms with Gasteiger partial charge in [-0.3, -0.25) is 0 Å². The fourth-order valence-electron chi connectivity index (χ4n) is 1.42. The summed E-state index contributed by atoms with van der Waals surface area (Å²) in [7, 11) is 0. The second-order valence-corrected chi connectivity index (χ2v) is 4.24. The lowest BCUT2D eigenvalue weighted by Gasteiger charge is -2.13. The average Bonchev–Trinajstić information content (AvgIpc) is 2.36. The van der Waals surface area contributed by atoms with Gasteiger partial charge in [0.1, 0.15) is 12.1 Å². The summed E-state index contributed by atoms with van der Waals surface area (Å²) in [4.78, 5) is 7.67. The van der Waals surface area contributed by atoms with Gasteiger partial charge in [0.15, 0.2) is 17.3 Å². The van der Waals surface area contributed by atoms with Gasteiger partial charge in [-0.1, -0.05) is 0 Å². The zero-order chi connectivity index (χ0) is 14.7. The van der Waals surface area contributed by atoms with Crippen LogP contribution in [0.3, 0.4) is 0 Å². The topological polar surface area (TPSA) is 70.3 Å². The Morgan fingerprint density at radius 2 is 1.85 bits per heavy atom. The number of aromatic nitrogens is 2. The van der Waals surface area contributed by atoms with Gasteiger partial charge in [0.05, 0.1) is 6.10 Å². The lowest BCUT2D eigenvalue weighted by atomic mass is 10.3. The molecular weight excluding hydrogens is 268 g/mol. The molecule has 0 aliphatic rings. The van der Waals surface area contributed by atoms with Gasteiger partial charge in [-0.15, -0.1) is 0 Å². The molecule has 0 saturated heterocycles. The number of anilines is 1. The number of hydrogen-bond acceptors (Lipinski definition) is 5. The van der Waals surface area contributed by atoms with E-state index in [1.54, 1.807) is 0 Å². The Hall–Kier alpha value is -2.44. The van der Waals surface area contributed by atoms with Crippen molar-refractivity contribution in [3.8, 4) is 17.5 Å². The van der Waals surface area contributed by atoms with Crippen molar-refractivity contribution in [3.05, 3.63) is 36.2 Å². The third-order valence-corrected chi connectivity index (χ3v) is 2.26. The lowest BCUT2D eigenvalue weighted by Crippen LogP contribution is -2.10. The van der Waals surface area contributed by atoms with Crippen molar-refractivity contribution >= 4 is 5.69 Å². The number of hydrogen-bond donors (Lipinski definition) is 1. The summed E-state index contributed by atoms with van der Waals surface area (Å²) in [5, 5.41) is 0. The summed E-state index contributed by atoms with van der Waals surface area (Å²) in [5.41, 5.74) is 5.83. The summed E-state index contributed by atoms with van der Waals surface area (Å²) in [6, 6.07) is 2.93. The summed E-state index contributed by atoms with van der Waals surface area (Å²) >= 11 is 0. The molecule has 2 aromatic rings. The van der Waals surface area contributed by atoms with Crippen LogP contribution in [0.1, 0.15) is 13.8 Å². The zero-order valence-corrected chi connectivity index (χ0v) is 10.9. The van der Waals surface area contributed by atoms with Crippen LogP contribution in [-0.4, -0.2) is 16.1 Å². The molecule has 0 radical (unpaired) electrons. The van der Waals surface area contributed by atoms with Crippen molar-refractivity contribution in [2.75, 3.05) is 5.73 Å². The van der Waals surface area contributed by atoms with Gasteiger partial charge in [0, 0.05) is 6.07 Å². The van der Waals surface area contributed by atoms with Crippen LogP contribution in [0.5, 0.6) is 17.5 Å². The minimum absolute atomic E-state index is 0.0462. The molecule has 7 heteroatoms. The molecule has 0 bridgehead atoms. The first-order chi connectivity index (χ1) is 9.47. The highest BCUT2D eigenvalue weighted by Gasteiger charge is 2.14. The minimum Gasteiger partial charge on any atom is -0.473 e. The van der Waals surface area contributed by atoms with E-state index in [0.29, 0.717) is 6.07 Å². The molecule has 0 saturated carbocycles. The van der Waals surface area contributed by atoms with Crippen molar-refractivity contribution in [1.29, 1.82) is 0 Å². The van der Waals surface area contributed by atoms with E-state index in [4.69, 9.17) is 15.2 Å². The molecule has 1 heterocycles. The highest BCUT2D eigenvalue weighted by molar-refractivity contribution is 5.56. The van der Waals surface area contributed by atoms with E-state index in [-0.39, 0.29) is 29.3 Å². The van der Waals surface area contributed by atoms with Crippen LogP contribution in [0.4, 0.5) is 14.5 Å². The number of benzene rings is 1. The third kappa shape index (κ3) is 3.11. The van der Waals surface area contributed by atoms with Crippen molar-refractivity contribution in [2.24, 2.45) is 0 Å². The van der Waals surface area contributed by atoms with E-state index in [0.717, 1.165) is 12.1 Å². The number of nitrogen functional groups attached to an aromatic ring is 1. The fourth-order valence-corrected chi connectivity index (χ4v) is 1.42. The van der Waals surface area contributed by atoms with Gasteiger partial charge in [0.2, 0.25) is 11.8 Å². The quantitative estimate of drug-likeness (QED) is 0.933. The molecule has 2 rings (SSSR count). The van der Waals surface area contributed by atoms with Gasteiger partial charge in [-0.25, -0.2) is 8.78 Å². The summed E-state index contributed by atoms with van der Waals surface area (Å²) in [5.74, 6) is -1.65. The second kappa shape index (κ2) is 5.68. The summed E-state index contributed by atoms with van der Waals surface area (Å²) in [6.45, 7) is 3.61. The molecule has 1 aromatic carbocycles. The first-order valence-electron chi connectivity index (χ1n) is 5.87. The van der Waals surface area contributed by atoms with Crippen LogP contribution in [0.25, 0.3) is 0 Å². The number of nitrogens with zero attached hydrogens (tertiary/aromatic N) is 2. The third-order valence-electron chi connectivity index (χ3n) is 2.26. The minimum atomic E-state index is -0.852. The Morgan fingerprint density at radius 1 is 1.15 bits per heavy atom. The molecule has 1 aromatic heterocycles. The van der Waals surface area contributed by atoms with E-state index in [1.165, 1.54) is 6.33 Å². The molecule has 0 amide bonds. The van der Waals surface area contributed by atoms with Crippen LogP contribution in [0.2, 0.25) is 0 Å². The normalized spacial score (nSPS) is 10.7. The monoisotopic (exact) mass is 281 g/mol.